The smallest absolute Gasteiger partial charge is 0.0357 e. The lowest BCUT2D eigenvalue weighted by Crippen LogP contribution is -2.29. The van der Waals surface area contributed by atoms with Crippen LogP contribution in [0.25, 0.3) is 0 Å². The van der Waals surface area contributed by atoms with Crippen LogP contribution in [0, 0.1) is 47.3 Å². The van der Waals surface area contributed by atoms with E-state index in [4.69, 9.17) is 0 Å². The minimum Gasteiger partial charge on any atom is -0.0533 e. The molecule has 9 aliphatic rings. The van der Waals surface area contributed by atoms with Gasteiger partial charge in [0.1, 0.15) is 0 Å². The van der Waals surface area contributed by atoms with Gasteiger partial charge in [0.15, 0.2) is 0 Å². The molecule has 0 aromatic carbocycles. The van der Waals surface area contributed by atoms with Crippen LogP contribution in [-0.2, 0) is 0 Å². The van der Waals surface area contributed by atoms with Gasteiger partial charge < -0.3 is 0 Å². The topological polar surface area (TPSA) is 0 Å². The monoisotopic (exact) mass is 497 g/mol. The molecule has 0 radical (unpaired) electrons. The zero-order valence-corrected chi connectivity index (χ0v) is 24.4. The van der Waals surface area contributed by atoms with Crippen LogP contribution in [-0.4, -0.2) is 0 Å². The predicted molar refractivity (Wildman–Crippen MR) is 157 cm³/mol. The molecule has 0 amide bonds. The molecule has 208 valence electrons. The van der Waals surface area contributed by atoms with Crippen molar-refractivity contribution in [3.8, 4) is 0 Å². The molecule has 9 aliphatic carbocycles. The summed E-state index contributed by atoms with van der Waals surface area (Å²) in [5.74, 6) is 8.69. The Bertz CT molecular complexity index is 569. The Hall–Kier alpha value is 0. The van der Waals surface area contributed by atoms with Crippen LogP contribution in [0.3, 0.4) is 0 Å². The second kappa shape index (κ2) is 15.0. The van der Waals surface area contributed by atoms with Crippen LogP contribution in [0.15, 0.2) is 0 Å². The van der Waals surface area contributed by atoms with E-state index in [0.29, 0.717) is 0 Å². The molecule has 0 aromatic rings. The molecule has 0 heteroatoms. The van der Waals surface area contributed by atoms with Crippen LogP contribution in [0.4, 0.5) is 0 Å². The van der Waals surface area contributed by atoms with Crippen molar-refractivity contribution in [3.63, 3.8) is 0 Å². The molecule has 0 nitrogen and oxygen atoms in total. The summed E-state index contributed by atoms with van der Waals surface area (Å²) >= 11 is 0. The van der Waals surface area contributed by atoms with Gasteiger partial charge in [-0.25, -0.2) is 0 Å². The van der Waals surface area contributed by atoms with Crippen LogP contribution in [0.2, 0.25) is 0 Å². The molecule has 9 rings (SSSR count). The van der Waals surface area contributed by atoms with E-state index in [1.54, 1.807) is 161 Å². The Morgan fingerprint density at radius 3 is 0.917 bits per heavy atom. The first kappa shape index (κ1) is 27.6. The number of hydrogen-bond donors (Lipinski definition) is 0. The van der Waals surface area contributed by atoms with Crippen molar-refractivity contribution in [2.24, 2.45) is 47.3 Å². The third-order valence-electron chi connectivity index (χ3n) is 12.8. The highest BCUT2D eigenvalue weighted by molar-refractivity contribution is 4.85. The van der Waals surface area contributed by atoms with E-state index in [9.17, 15) is 0 Å². The van der Waals surface area contributed by atoms with Crippen molar-refractivity contribution < 1.29 is 0 Å². The molecule has 2 atom stereocenters. The van der Waals surface area contributed by atoms with Crippen LogP contribution < -0.4 is 0 Å². The molecule has 0 spiro atoms. The van der Waals surface area contributed by atoms with Gasteiger partial charge in [0.05, 0.1) is 0 Å². The quantitative estimate of drug-likeness (QED) is 0.313. The lowest BCUT2D eigenvalue weighted by atomic mass is 9.66. The first-order valence-corrected chi connectivity index (χ1v) is 17.8. The van der Waals surface area contributed by atoms with Gasteiger partial charge in [-0.1, -0.05) is 154 Å². The summed E-state index contributed by atoms with van der Waals surface area (Å²) in [5.41, 5.74) is 0. The molecule has 9 saturated carbocycles. The van der Waals surface area contributed by atoms with Gasteiger partial charge in [0.25, 0.3) is 0 Å². The summed E-state index contributed by atoms with van der Waals surface area (Å²) in [5, 5.41) is 0. The molecule has 0 N–H and O–H groups in total. The Morgan fingerprint density at radius 2 is 0.472 bits per heavy atom. The second-order valence-electron chi connectivity index (χ2n) is 15.1. The SMILES string of the molecule is C1CCCC2CCC3CCC(CCCCC4CCC(CC4)C2CCCCC2CCC(CC1)CC2)CC3. The molecule has 6 bridgehead atoms. The minimum atomic E-state index is 1.07. The maximum atomic E-state index is 1.60. The highest BCUT2D eigenvalue weighted by Crippen LogP contribution is 2.45. The van der Waals surface area contributed by atoms with Gasteiger partial charge in [0, 0.05) is 0 Å². The van der Waals surface area contributed by atoms with Gasteiger partial charge >= 0.3 is 0 Å². The van der Waals surface area contributed by atoms with Crippen molar-refractivity contribution in [1.29, 1.82) is 0 Å². The molecule has 0 heterocycles. The summed E-state index contributed by atoms with van der Waals surface area (Å²) in [6.07, 6.45) is 44.0. The molecule has 36 heavy (non-hydrogen) atoms. The van der Waals surface area contributed by atoms with Gasteiger partial charge in [-0.2, -0.15) is 0 Å². The summed E-state index contributed by atoms with van der Waals surface area (Å²) < 4.78 is 0. The van der Waals surface area contributed by atoms with Crippen molar-refractivity contribution in [2.75, 3.05) is 0 Å². The Labute approximate surface area is 226 Å². The van der Waals surface area contributed by atoms with Crippen molar-refractivity contribution >= 4 is 0 Å². The number of fused-ring (bicyclic) bond motifs is 10. The fraction of sp³-hybridized carbons (Fsp3) is 1.00. The van der Waals surface area contributed by atoms with Crippen molar-refractivity contribution in [3.05, 3.63) is 0 Å². The fourth-order valence-electron chi connectivity index (χ4n) is 10.3. The van der Waals surface area contributed by atoms with Crippen molar-refractivity contribution in [1.82, 2.24) is 0 Å². The molecular weight excluding hydrogens is 432 g/mol. The van der Waals surface area contributed by atoms with E-state index in [-0.39, 0.29) is 0 Å². The highest BCUT2D eigenvalue weighted by Gasteiger charge is 2.33. The van der Waals surface area contributed by atoms with Crippen LogP contribution in [0.1, 0.15) is 180 Å². The first-order chi connectivity index (χ1) is 17.8. The normalized spacial score (nSPS) is 42.7. The van der Waals surface area contributed by atoms with Gasteiger partial charge in [-0.15, -0.1) is 0 Å². The standard InChI is InChI=1S/C36H64/c1-2-4-13-34-26-25-33-21-19-30(20-22-33)10-5-6-11-32-23-27-35(28-24-32)36(34)14-8-7-12-31-17-15-29(9-3-1)16-18-31/h29-36H,1-28H2. The number of rotatable bonds is 0. The molecule has 0 saturated heterocycles. The molecule has 2 unspecified atom stereocenters. The molecule has 0 aliphatic heterocycles. The van der Waals surface area contributed by atoms with E-state index in [0.717, 1.165) is 47.3 Å². The maximum absolute atomic E-state index is 1.60. The molecule has 9 fully saturated rings. The number of hydrogen-bond acceptors (Lipinski definition) is 0. The lowest BCUT2D eigenvalue weighted by molar-refractivity contribution is 0.112. The van der Waals surface area contributed by atoms with Gasteiger partial charge in [-0.05, 0) is 73.0 Å². The lowest BCUT2D eigenvalue weighted by Gasteiger charge is -2.40. The minimum absolute atomic E-state index is 1.07. The van der Waals surface area contributed by atoms with Crippen LogP contribution in [0.5, 0.6) is 0 Å². The zero-order valence-electron chi connectivity index (χ0n) is 24.4. The fourth-order valence-corrected chi connectivity index (χ4v) is 10.3. The van der Waals surface area contributed by atoms with E-state index >= 15 is 0 Å². The van der Waals surface area contributed by atoms with E-state index < -0.39 is 0 Å². The van der Waals surface area contributed by atoms with E-state index in [2.05, 4.69) is 0 Å². The summed E-state index contributed by atoms with van der Waals surface area (Å²) in [6, 6.07) is 0. The van der Waals surface area contributed by atoms with Crippen LogP contribution >= 0.6 is 0 Å². The van der Waals surface area contributed by atoms with Gasteiger partial charge in [0.2, 0.25) is 0 Å². The summed E-state index contributed by atoms with van der Waals surface area (Å²) in [7, 11) is 0. The van der Waals surface area contributed by atoms with E-state index in [1.807, 2.05) is 0 Å². The average Bonchev–Trinajstić information content (AvgIpc) is 2.91. The largest absolute Gasteiger partial charge is 0.0533 e. The van der Waals surface area contributed by atoms with Crippen molar-refractivity contribution in [2.45, 2.75) is 180 Å². The average molecular weight is 497 g/mol. The third-order valence-corrected chi connectivity index (χ3v) is 12.8. The Morgan fingerprint density at radius 1 is 0.194 bits per heavy atom. The summed E-state index contributed by atoms with van der Waals surface area (Å²) in [4.78, 5) is 0. The predicted octanol–water partition coefficient (Wildman–Crippen LogP) is 11.9. The first-order valence-electron chi connectivity index (χ1n) is 17.8. The molecule has 0 aromatic heterocycles. The second-order valence-corrected chi connectivity index (χ2v) is 15.1. The Kier molecular flexibility index (Phi) is 11.5. The summed E-state index contributed by atoms with van der Waals surface area (Å²) in [6.45, 7) is 0. The third kappa shape index (κ3) is 8.50. The highest BCUT2D eigenvalue weighted by atomic mass is 14.4. The zero-order chi connectivity index (χ0) is 24.4. The molecular formula is C36H64. The van der Waals surface area contributed by atoms with Gasteiger partial charge in [-0.3, -0.25) is 0 Å². The van der Waals surface area contributed by atoms with E-state index in [1.165, 1.54) is 19.3 Å². The maximum Gasteiger partial charge on any atom is -0.0357 e. The Balaban J connectivity index is 1.25.